The minimum absolute atomic E-state index is 0.0872. The van der Waals surface area contributed by atoms with E-state index in [0.29, 0.717) is 28.6 Å². The van der Waals surface area contributed by atoms with Crippen LogP contribution in [0.3, 0.4) is 0 Å². The van der Waals surface area contributed by atoms with Crippen LogP contribution in [0, 0.1) is 5.92 Å². The molecule has 1 atom stereocenters. The van der Waals surface area contributed by atoms with Crippen LogP contribution < -0.4 is 11.7 Å². The van der Waals surface area contributed by atoms with Gasteiger partial charge in [0.05, 0.1) is 10.8 Å². The maximum atomic E-state index is 14.0. The molecule has 0 aromatic carbocycles. The van der Waals surface area contributed by atoms with E-state index in [1.807, 2.05) is 13.8 Å². The lowest BCUT2D eigenvalue weighted by molar-refractivity contribution is -0.138. The first-order chi connectivity index (χ1) is 15.1. The van der Waals surface area contributed by atoms with E-state index in [9.17, 15) is 18.4 Å². The molecule has 0 radical (unpaired) electrons. The Kier molecular flexibility index (Phi) is 13.5. The Hall–Kier alpha value is -1.95. The summed E-state index contributed by atoms with van der Waals surface area (Å²) in [5.41, 5.74) is 0.291. The van der Waals surface area contributed by atoms with Crippen molar-refractivity contribution < 1.29 is 23.2 Å². The number of allylic oxidation sites excluding steroid dienone is 3. The van der Waals surface area contributed by atoms with Crippen LogP contribution in [0.2, 0.25) is 0 Å². The Balaban J connectivity index is 5.44. The molecule has 0 fully saturated rings. The molecule has 0 aromatic rings. The number of hydrogen-bond acceptors (Lipinski definition) is 7. The molecule has 0 saturated heterocycles. The third kappa shape index (κ3) is 11.1. The summed E-state index contributed by atoms with van der Waals surface area (Å²) < 4.78 is 27.9. The fraction of sp³-hybridized carbons (Fsp3) is 0.636. The van der Waals surface area contributed by atoms with E-state index in [1.54, 1.807) is 4.90 Å². The highest BCUT2D eigenvalue weighted by molar-refractivity contribution is 8.07. The van der Waals surface area contributed by atoms with E-state index in [1.165, 1.54) is 26.1 Å². The molecule has 0 aliphatic carbocycles. The molecule has 0 unspecified atom stereocenters. The smallest absolute Gasteiger partial charge is 0.303 e. The molecule has 0 aromatic heterocycles. The van der Waals surface area contributed by atoms with E-state index in [4.69, 9.17) is 16.5 Å². The van der Waals surface area contributed by atoms with Gasteiger partial charge in [-0.1, -0.05) is 45.2 Å². The molecular weight excluding hydrogens is 452 g/mol. The highest BCUT2D eigenvalue weighted by Crippen LogP contribution is 2.34. The van der Waals surface area contributed by atoms with Crippen molar-refractivity contribution in [3.63, 3.8) is 0 Å². The normalized spacial score (nSPS) is 13.3. The van der Waals surface area contributed by atoms with Crippen LogP contribution in [-0.4, -0.2) is 60.0 Å². The Labute approximate surface area is 200 Å². The molecule has 0 rings (SSSR count). The van der Waals surface area contributed by atoms with Gasteiger partial charge >= 0.3 is 5.92 Å². The molecule has 0 aliphatic rings. The molecule has 0 saturated carbocycles. The minimum Gasteiger partial charge on any atom is -0.405 e. The molecule has 8 nitrogen and oxygen atoms in total. The number of nitrogens with zero attached hydrogens (tertiary/aromatic N) is 3. The Morgan fingerprint density at radius 3 is 2.18 bits per heavy atom. The molecule has 0 spiro atoms. The number of alkyl halides is 2. The highest BCUT2D eigenvalue weighted by Gasteiger charge is 2.33. The average molecular weight is 492 g/mol. The maximum absolute atomic E-state index is 14.0. The van der Waals surface area contributed by atoms with Crippen molar-refractivity contribution in [3.8, 4) is 0 Å². The number of hydroxylamine groups is 2. The third-order valence-corrected chi connectivity index (χ3v) is 5.49. The molecule has 0 aliphatic heterocycles. The quantitative estimate of drug-likeness (QED) is 0.118. The summed E-state index contributed by atoms with van der Waals surface area (Å²) in [7, 11) is 3.02. The van der Waals surface area contributed by atoms with Gasteiger partial charge in [-0.25, -0.2) is 16.8 Å². The fourth-order valence-electron chi connectivity index (χ4n) is 3.01. The predicted molar refractivity (Wildman–Crippen MR) is 129 cm³/mol. The number of carbonyl (C=O) groups excluding carboxylic acids is 2. The summed E-state index contributed by atoms with van der Waals surface area (Å²) >= 11 is 1.02. The first-order valence-electron chi connectivity index (χ1n) is 10.8. The molecular formula is C22H39F2N5O3S. The molecule has 33 heavy (non-hydrogen) atoms. The van der Waals surface area contributed by atoms with Gasteiger partial charge in [-0.15, -0.1) is 0 Å². The van der Waals surface area contributed by atoms with Crippen LogP contribution in [0.15, 0.2) is 34.3 Å². The van der Waals surface area contributed by atoms with Gasteiger partial charge in [-0.3, -0.25) is 9.59 Å². The van der Waals surface area contributed by atoms with Crippen molar-refractivity contribution in [2.24, 2.45) is 17.6 Å². The summed E-state index contributed by atoms with van der Waals surface area (Å²) in [6.07, 6.45) is 2.13. The van der Waals surface area contributed by atoms with E-state index in [2.05, 4.69) is 13.2 Å². The van der Waals surface area contributed by atoms with E-state index >= 15 is 0 Å². The standard InChI is InChI=1S/C22H39F2N5O3S/c1-9-11-12-28(14-18(10-2)21(31)29(25)26)20(30)17(5)33-16(4)13-15(3)19(22(6,23)24)32-27(7)8/h18H,4-5,9-14,25-26H2,1-3,6-8H3/b19-15-/t18-/m1/s1. The summed E-state index contributed by atoms with van der Waals surface area (Å²) in [4.78, 5) is 32.6. The molecule has 0 heterocycles. The van der Waals surface area contributed by atoms with E-state index in [0.717, 1.165) is 31.5 Å². The number of nitrogens with two attached hydrogens (primary N) is 2. The van der Waals surface area contributed by atoms with Crippen LogP contribution in [-0.2, 0) is 14.4 Å². The van der Waals surface area contributed by atoms with Gasteiger partial charge in [-0.2, -0.15) is 13.8 Å². The summed E-state index contributed by atoms with van der Waals surface area (Å²) in [5.74, 6) is 5.74. The second kappa shape index (κ2) is 14.3. The van der Waals surface area contributed by atoms with Crippen molar-refractivity contribution in [1.82, 2.24) is 15.1 Å². The monoisotopic (exact) mass is 491 g/mol. The van der Waals surface area contributed by atoms with Gasteiger partial charge in [0.25, 0.3) is 11.8 Å². The Morgan fingerprint density at radius 1 is 1.18 bits per heavy atom. The van der Waals surface area contributed by atoms with Gasteiger partial charge in [0.15, 0.2) is 5.76 Å². The minimum atomic E-state index is -3.18. The number of halogens is 2. The van der Waals surface area contributed by atoms with Crippen molar-refractivity contribution in [1.29, 1.82) is 0 Å². The summed E-state index contributed by atoms with van der Waals surface area (Å²) in [6, 6.07) is 0. The van der Waals surface area contributed by atoms with Crippen LogP contribution in [0.4, 0.5) is 8.78 Å². The second-order valence-corrected chi connectivity index (χ2v) is 9.37. The zero-order valence-corrected chi connectivity index (χ0v) is 21.4. The lowest BCUT2D eigenvalue weighted by Gasteiger charge is -2.28. The van der Waals surface area contributed by atoms with Gasteiger partial charge in [0, 0.05) is 40.5 Å². The number of carbonyl (C=O) groups is 2. The van der Waals surface area contributed by atoms with Gasteiger partial charge < -0.3 is 9.74 Å². The van der Waals surface area contributed by atoms with Crippen LogP contribution in [0.25, 0.3) is 0 Å². The number of amides is 2. The predicted octanol–water partition coefficient (Wildman–Crippen LogP) is 3.79. The highest BCUT2D eigenvalue weighted by atomic mass is 32.2. The molecule has 4 N–H and O–H groups in total. The number of unbranched alkanes of at least 4 members (excludes halogenated alkanes) is 1. The van der Waals surface area contributed by atoms with Gasteiger partial charge in [-0.05, 0) is 30.2 Å². The zero-order chi connectivity index (χ0) is 25.9. The molecule has 11 heteroatoms. The zero-order valence-electron chi connectivity index (χ0n) is 20.6. The number of thioether (sulfide) groups is 1. The van der Waals surface area contributed by atoms with Crippen molar-refractivity contribution in [2.45, 2.75) is 59.3 Å². The van der Waals surface area contributed by atoms with E-state index in [-0.39, 0.29) is 23.8 Å². The molecule has 190 valence electrons. The molecule has 0 bridgehead atoms. The Bertz CT molecular complexity index is 736. The van der Waals surface area contributed by atoms with Crippen LogP contribution in [0.5, 0.6) is 0 Å². The number of rotatable bonds is 15. The second-order valence-electron chi connectivity index (χ2n) is 8.10. The average Bonchev–Trinajstić information content (AvgIpc) is 2.69. The SMILES string of the molecule is C=C(C/C(C)=C(\ON(C)C)C(C)(F)F)SC(=C)C(=O)N(CCCC)C[C@@H](CC)C(=O)N(N)N. The Morgan fingerprint density at radius 2 is 1.76 bits per heavy atom. The number of hydrazine groups is 2. The van der Waals surface area contributed by atoms with Crippen molar-refractivity contribution >= 4 is 23.6 Å². The largest absolute Gasteiger partial charge is 0.405 e. The van der Waals surface area contributed by atoms with Crippen LogP contribution >= 0.6 is 11.8 Å². The summed E-state index contributed by atoms with van der Waals surface area (Å²) in [6.45, 7) is 14.4. The lowest BCUT2D eigenvalue weighted by atomic mass is 10.0. The number of hydrogen-bond donors (Lipinski definition) is 2. The lowest BCUT2D eigenvalue weighted by Crippen LogP contribution is -2.49. The maximum Gasteiger partial charge on any atom is 0.303 e. The molecule has 2 amide bonds. The van der Waals surface area contributed by atoms with E-state index < -0.39 is 23.5 Å². The van der Waals surface area contributed by atoms with Crippen molar-refractivity contribution in [3.05, 3.63) is 34.3 Å². The van der Waals surface area contributed by atoms with Gasteiger partial charge in [0.2, 0.25) is 0 Å². The van der Waals surface area contributed by atoms with Crippen LogP contribution in [0.1, 0.15) is 53.4 Å². The van der Waals surface area contributed by atoms with Gasteiger partial charge in [0.1, 0.15) is 0 Å². The first kappa shape index (κ1) is 31.0. The van der Waals surface area contributed by atoms with Crippen molar-refractivity contribution in [2.75, 3.05) is 27.2 Å². The fourth-order valence-corrected chi connectivity index (χ4v) is 3.86. The first-order valence-corrected chi connectivity index (χ1v) is 11.6. The third-order valence-electron chi connectivity index (χ3n) is 4.63. The topological polar surface area (TPSA) is 105 Å². The summed E-state index contributed by atoms with van der Waals surface area (Å²) in [5, 5.41) is 1.73.